The Balaban J connectivity index is 1.81. The van der Waals surface area contributed by atoms with Gasteiger partial charge in [-0.15, -0.1) is 0 Å². The molecule has 3 aliphatic carbocycles. The molecule has 0 bridgehead atoms. The largest absolute Gasteiger partial charge is 0.390 e. The van der Waals surface area contributed by atoms with E-state index < -0.39 is 63.4 Å². The fourth-order valence-corrected chi connectivity index (χ4v) is 8.96. The number of rotatable bonds is 17. The van der Waals surface area contributed by atoms with Crippen molar-refractivity contribution in [3.8, 4) is 0 Å². The molecule has 0 saturated heterocycles. The SMILES string of the molecule is CCCN(CC(O)C(CC1CC(F)CC(F)C1)NC(=O)C1CC(C(=O)N(CCC)CCC)CC(S(N)(=O)=O)C1)NC(=O)C1CCCCC1. The van der Waals surface area contributed by atoms with Crippen LogP contribution in [0, 0.1) is 23.7 Å². The van der Waals surface area contributed by atoms with Gasteiger partial charge in [-0.3, -0.25) is 19.8 Å². The molecular formula is C34H61F2N5O6S. The molecule has 3 amide bonds. The average Bonchev–Trinajstić information content (AvgIpc) is 3.03. The number of aliphatic hydroxyl groups excluding tert-OH is 1. The van der Waals surface area contributed by atoms with Gasteiger partial charge >= 0.3 is 0 Å². The number of halogens is 2. The molecule has 5 N–H and O–H groups in total. The summed E-state index contributed by atoms with van der Waals surface area (Å²) < 4.78 is 53.9. The lowest BCUT2D eigenvalue weighted by molar-refractivity contribution is -0.139. The van der Waals surface area contributed by atoms with Crippen LogP contribution in [0.4, 0.5) is 8.78 Å². The van der Waals surface area contributed by atoms with Crippen LogP contribution in [0.2, 0.25) is 0 Å². The van der Waals surface area contributed by atoms with Gasteiger partial charge in [0, 0.05) is 50.4 Å². The zero-order valence-electron chi connectivity index (χ0n) is 29.3. The number of nitrogens with two attached hydrogens (primary N) is 1. The number of hydrazine groups is 1. The molecule has 11 nitrogen and oxygen atoms in total. The molecule has 0 aliphatic heterocycles. The van der Waals surface area contributed by atoms with E-state index in [1.54, 1.807) is 9.91 Å². The third kappa shape index (κ3) is 12.5. The molecule has 7 atom stereocenters. The number of nitrogens with one attached hydrogen (secondary N) is 2. The van der Waals surface area contributed by atoms with E-state index in [0.717, 1.165) is 44.9 Å². The summed E-state index contributed by atoms with van der Waals surface area (Å²) >= 11 is 0. The zero-order chi connectivity index (χ0) is 35.4. The summed E-state index contributed by atoms with van der Waals surface area (Å²) in [6.07, 6.45) is 3.24. The number of nitrogens with zero attached hydrogens (tertiary/aromatic N) is 2. The number of sulfonamides is 1. The number of aliphatic hydroxyl groups is 1. The normalized spacial score (nSPS) is 28.4. The number of carbonyl (C=O) groups excluding carboxylic acids is 3. The van der Waals surface area contributed by atoms with Crippen molar-refractivity contribution in [2.75, 3.05) is 26.2 Å². The maximum Gasteiger partial charge on any atom is 0.237 e. The number of hydrogen-bond donors (Lipinski definition) is 4. The Bertz CT molecular complexity index is 1130. The number of alkyl halides is 2. The van der Waals surface area contributed by atoms with Crippen LogP contribution in [0.5, 0.6) is 0 Å². The first kappa shape index (κ1) is 40.5. The molecule has 0 heterocycles. The van der Waals surface area contributed by atoms with E-state index in [4.69, 9.17) is 5.14 Å². The Labute approximate surface area is 286 Å². The van der Waals surface area contributed by atoms with Crippen molar-refractivity contribution < 1.29 is 36.7 Å². The summed E-state index contributed by atoms with van der Waals surface area (Å²) in [6.45, 7) is 7.33. The molecule has 3 fully saturated rings. The topological polar surface area (TPSA) is 162 Å². The van der Waals surface area contributed by atoms with E-state index in [1.165, 1.54) is 0 Å². The molecule has 0 aromatic heterocycles. The summed E-state index contributed by atoms with van der Waals surface area (Å²) in [6, 6.07) is -0.924. The van der Waals surface area contributed by atoms with Crippen molar-refractivity contribution in [1.82, 2.24) is 20.7 Å². The third-order valence-corrected chi connectivity index (χ3v) is 11.7. The first-order valence-corrected chi connectivity index (χ1v) is 20.0. The molecule has 14 heteroatoms. The molecule has 0 aromatic rings. The Morgan fingerprint density at radius 3 is 1.96 bits per heavy atom. The standard InChI is InChI=1S/C34H61F2N5O6S/c1-4-12-40(13-5-2)34(45)26-18-25(19-29(20-26)48(37,46)47)32(43)38-30(17-23-15-27(35)21-28(36)16-23)31(42)22-41(14-6-3)39-33(44)24-10-8-7-9-11-24/h23-31,42H,4-22H2,1-3H3,(H,38,43)(H,39,44)(H2,37,46,47). The number of amides is 3. The summed E-state index contributed by atoms with van der Waals surface area (Å²) in [5.74, 6) is -2.95. The molecule has 3 aliphatic rings. The lowest BCUT2D eigenvalue weighted by atomic mass is 9.79. The first-order chi connectivity index (χ1) is 22.7. The van der Waals surface area contributed by atoms with Gasteiger partial charge in [0.2, 0.25) is 27.7 Å². The van der Waals surface area contributed by atoms with Crippen molar-refractivity contribution in [2.45, 2.75) is 147 Å². The van der Waals surface area contributed by atoms with Crippen LogP contribution in [0.3, 0.4) is 0 Å². The van der Waals surface area contributed by atoms with Crippen LogP contribution in [-0.2, 0) is 24.4 Å². The summed E-state index contributed by atoms with van der Waals surface area (Å²) in [7, 11) is -4.06. The Morgan fingerprint density at radius 2 is 1.40 bits per heavy atom. The van der Waals surface area contributed by atoms with E-state index in [0.29, 0.717) is 26.1 Å². The van der Waals surface area contributed by atoms with Gasteiger partial charge in [0.25, 0.3) is 0 Å². The lowest BCUT2D eigenvalue weighted by Crippen LogP contribution is -2.55. The minimum atomic E-state index is -4.06. The summed E-state index contributed by atoms with van der Waals surface area (Å²) in [5.41, 5.74) is 2.96. The second kappa shape index (κ2) is 19.5. The van der Waals surface area contributed by atoms with Crippen LogP contribution in [0.15, 0.2) is 0 Å². The second-order valence-electron chi connectivity index (χ2n) is 14.6. The highest BCUT2D eigenvalue weighted by molar-refractivity contribution is 7.89. The van der Waals surface area contributed by atoms with Gasteiger partial charge in [-0.2, -0.15) is 0 Å². The quantitative estimate of drug-likeness (QED) is 0.168. The highest BCUT2D eigenvalue weighted by Crippen LogP contribution is 2.35. The molecule has 3 rings (SSSR count). The van der Waals surface area contributed by atoms with Crippen molar-refractivity contribution in [3.63, 3.8) is 0 Å². The average molecular weight is 706 g/mol. The minimum Gasteiger partial charge on any atom is -0.390 e. The molecule has 0 aromatic carbocycles. The third-order valence-electron chi connectivity index (χ3n) is 10.4. The zero-order valence-corrected chi connectivity index (χ0v) is 30.1. The van der Waals surface area contributed by atoms with Gasteiger partial charge in [0.15, 0.2) is 0 Å². The monoisotopic (exact) mass is 705 g/mol. The Hall–Kier alpha value is -1.90. The van der Waals surface area contributed by atoms with E-state index in [2.05, 4.69) is 10.7 Å². The van der Waals surface area contributed by atoms with Crippen LogP contribution in [0.1, 0.15) is 117 Å². The molecular weight excluding hydrogens is 644 g/mol. The minimum absolute atomic E-state index is 0.0172. The number of primary sulfonamides is 1. The van der Waals surface area contributed by atoms with Gasteiger partial charge < -0.3 is 15.3 Å². The van der Waals surface area contributed by atoms with Crippen LogP contribution in [0.25, 0.3) is 0 Å². The first-order valence-electron chi connectivity index (χ1n) is 18.4. The molecule has 278 valence electrons. The van der Waals surface area contributed by atoms with E-state index >= 15 is 0 Å². The van der Waals surface area contributed by atoms with E-state index in [-0.39, 0.29) is 69.2 Å². The van der Waals surface area contributed by atoms with Crippen LogP contribution in [-0.4, -0.2) is 97.1 Å². The summed E-state index contributed by atoms with van der Waals surface area (Å²) in [5, 5.41) is 20.6. The van der Waals surface area contributed by atoms with Gasteiger partial charge in [0.1, 0.15) is 12.3 Å². The predicted octanol–water partition coefficient (Wildman–Crippen LogP) is 3.74. The van der Waals surface area contributed by atoms with Crippen molar-refractivity contribution >= 4 is 27.7 Å². The molecule has 0 radical (unpaired) electrons. The molecule has 48 heavy (non-hydrogen) atoms. The van der Waals surface area contributed by atoms with Crippen LogP contribution < -0.4 is 15.9 Å². The van der Waals surface area contributed by atoms with Crippen molar-refractivity contribution in [2.24, 2.45) is 28.8 Å². The lowest BCUT2D eigenvalue weighted by Gasteiger charge is -2.38. The fourth-order valence-electron chi connectivity index (χ4n) is 7.96. The van der Waals surface area contributed by atoms with Gasteiger partial charge in [-0.05, 0) is 76.5 Å². The van der Waals surface area contributed by atoms with Crippen LogP contribution >= 0.6 is 0 Å². The van der Waals surface area contributed by atoms with E-state index in [1.807, 2.05) is 20.8 Å². The molecule has 7 unspecified atom stereocenters. The van der Waals surface area contributed by atoms with Gasteiger partial charge in [0.05, 0.1) is 17.4 Å². The van der Waals surface area contributed by atoms with Crippen molar-refractivity contribution in [3.05, 3.63) is 0 Å². The predicted molar refractivity (Wildman–Crippen MR) is 181 cm³/mol. The van der Waals surface area contributed by atoms with E-state index in [9.17, 15) is 36.7 Å². The van der Waals surface area contributed by atoms with Gasteiger partial charge in [-0.25, -0.2) is 27.3 Å². The second-order valence-corrected chi connectivity index (χ2v) is 16.4. The molecule has 3 saturated carbocycles. The Morgan fingerprint density at radius 1 is 0.812 bits per heavy atom. The molecule has 0 spiro atoms. The number of hydrogen-bond acceptors (Lipinski definition) is 7. The fraction of sp³-hybridized carbons (Fsp3) is 0.912. The highest BCUT2D eigenvalue weighted by atomic mass is 32.2. The number of carbonyl (C=O) groups is 3. The smallest absolute Gasteiger partial charge is 0.237 e. The maximum absolute atomic E-state index is 14.4. The Kier molecular flexibility index (Phi) is 16.4. The van der Waals surface area contributed by atoms with Crippen molar-refractivity contribution in [1.29, 1.82) is 0 Å². The highest BCUT2D eigenvalue weighted by Gasteiger charge is 2.43. The van der Waals surface area contributed by atoms with Gasteiger partial charge in [-0.1, -0.05) is 40.0 Å². The maximum atomic E-state index is 14.4. The summed E-state index contributed by atoms with van der Waals surface area (Å²) in [4.78, 5) is 42.3.